The molecular formula is C14H27N3O. The minimum absolute atomic E-state index is 0.0768. The Morgan fingerprint density at radius 2 is 2.00 bits per heavy atom. The highest BCUT2D eigenvalue weighted by Crippen LogP contribution is 2.18. The largest absolute Gasteiger partial charge is 0.341 e. The molecule has 2 saturated heterocycles. The van der Waals surface area contributed by atoms with Gasteiger partial charge in [-0.15, -0.1) is 0 Å². The van der Waals surface area contributed by atoms with Gasteiger partial charge >= 0.3 is 0 Å². The van der Waals surface area contributed by atoms with Gasteiger partial charge in [0, 0.05) is 26.2 Å². The van der Waals surface area contributed by atoms with Crippen molar-refractivity contribution in [3.05, 3.63) is 0 Å². The summed E-state index contributed by atoms with van der Waals surface area (Å²) >= 11 is 0. The van der Waals surface area contributed by atoms with E-state index >= 15 is 0 Å². The molecule has 2 aliphatic heterocycles. The number of likely N-dealkylation sites (tertiary alicyclic amines) is 1. The fourth-order valence-corrected chi connectivity index (χ4v) is 3.11. The number of carbonyl (C=O) groups is 1. The lowest BCUT2D eigenvalue weighted by molar-refractivity contribution is -0.135. The first kappa shape index (κ1) is 13.8. The zero-order valence-electron chi connectivity index (χ0n) is 11.8. The maximum Gasteiger partial charge on any atom is 0.239 e. The molecule has 1 N–H and O–H groups in total. The summed E-state index contributed by atoms with van der Waals surface area (Å²) in [5.41, 5.74) is 0. The van der Waals surface area contributed by atoms with Crippen LogP contribution >= 0.6 is 0 Å². The zero-order valence-corrected chi connectivity index (χ0v) is 11.8. The molecule has 0 unspecified atom stereocenters. The number of hydrogen-bond donors (Lipinski definition) is 1. The predicted molar refractivity (Wildman–Crippen MR) is 73.5 cm³/mol. The standard InChI is InChI=1S/C14H27N3O/c1-3-17-10-7-12(8-11-17)16(2)14(18)13-6-4-5-9-15-13/h12-13,15H,3-11H2,1-2H3/t13-/m1/s1. The quantitative estimate of drug-likeness (QED) is 0.817. The van der Waals surface area contributed by atoms with E-state index in [-0.39, 0.29) is 6.04 Å². The van der Waals surface area contributed by atoms with Gasteiger partial charge in [0.2, 0.25) is 5.91 Å². The van der Waals surface area contributed by atoms with Crippen molar-refractivity contribution in [3.63, 3.8) is 0 Å². The Bertz CT molecular complexity index is 268. The lowest BCUT2D eigenvalue weighted by Crippen LogP contribution is -2.52. The molecule has 2 aliphatic rings. The van der Waals surface area contributed by atoms with Crippen LogP contribution in [0.1, 0.15) is 39.0 Å². The third-order valence-electron chi connectivity index (χ3n) is 4.51. The van der Waals surface area contributed by atoms with E-state index in [4.69, 9.17) is 0 Å². The van der Waals surface area contributed by atoms with Crippen LogP contribution in [0.15, 0.2) is 0 Å². The van der Waals surface area contributed by atoms with Gasteiger partial charge < -0.3 is 15.1 Å². The molecule has 1 amide bonds. The molecule has 18 heavy (non-hydrogen) atoms. The average Bonchev–Trinajstić information content (AvgIpc) is 2.47. The van der Waals surface area contributed by atoms with Crippen molar-refractivity contribution >= 4 is 5.91 Å². The Morgan fingerprint density at radius 3 is 2.56 bits per heavy atom. The molecule has 0 bridgehead atoms. The Hall–Kier alpha value is -0.610. The van der Waals surface area contributed by atoms with Crippen LogP contribution in [-0.2, 0) is 4.79 Å². The molecule has 0 aliphatic carbocycles. The summed E-state index contributed by atoms with van der Waals surface area (Å²) in [6.07, 6.45) is 5.66. The normalized spacial score (nSPS) is 27.1. The summed E-state index contributed by atoms with van der Waals surface area (Å²) in [5.74, 6) is 0.310. The molecule has 1 atom stereocenters. The third kappa shape index (κ3) is 3.23. The Balaban J connectivity index is 1.83. The third-order valence-corrected chi connectivity index (χ3v) is 4.51. The van der Waals surface area contributed by atoms with Crippen LogP contribution < -0.4 is 5.32 Å². The number of hydrogen-bond acceptors (Lipinski definition) is 3. The fraction of sp³-hybridized carbons (Fsp3) is 0.929. The highest BCUT2D eigenvalue weighted by atomic mass is 16.2. The topological polar surface area (TPSA) is 35.6 Å². The summed E-state index contributed by atoms with van der Waals surface area (Å²) in [6, 6.07) is 0.525. The highest BCUT2D eigenvalue weighted by Gasteiger charge is 2.29. The van der Waals surface area contributed by atoms with Crippen LogP contribution in [0.4, 0.5) is 0 Å². The number of likely N-dealkylation sites (N-methyl/N-ethyl adjacent to an activating group) is 1. The molecule has 2 rings (SSSR count). The lowest BCUT2D eigenvalue weighted by Gasteiger charge is -2.38. The number of amides is 1. The summed E-state index contributed by atoms with van der Waals surface area (Å²) < 4.78 is 0. The number of carbonyl (C=O) groups excluding carboxylic acids is 1. The van der Waals surface area contributed by atoms with E-state index in [1.807, 2.05) is 11.9 Å². The van der Waals surface area contributed by atoms with Crippen LogP contribution in [0.2, 0.25) is 0 Å². The van der Waals surface area contributed by atoms with Gasteiger partial charge in [-0.1, -0.05) is 13.3 Å². The van der Waals surface area contributed by atoms with Gasteiger partial charge in [0.15, 0.2) is 0 Å². The summed E-state index contributed by atoms with van der Waals surface area (Å²) in [6.45, 7) is 6.61. The number of piperidine rings is 2. The molecule has 0 aromatic rings. The van der Waals surface area contributed by atoms with Crippen LogP contribution in [0.3, 0.4) is 0 Å². The first-order valence-corrected chi connectivity index (χ1v) is 7.44. The van der Waals surface area contributed by atoms with Crippen LogP contribution in [0.5, 0.6) is 0 Å². The van der Waals surface area contributed by atoms with Crippen molar-refractivity contribution in [2.75, 3.05) is 33.2 Å². The van der Waals surface area contributed by atoms with Crippen molar-refractivity contribution in [1.82, 2.24) is 15.1 Å². The fourth-order valence-electron chi connectivity index (χ4n) is 3.11. The second-order valence-electron chi connectivity index (χ2n) is 5.62. The van der Waals surface area contributed by atoms with Crippen LogP contribution in [0, 0.1) is 0 Å². The van der Waals surface area contributed by atoms with Crippen molar-refractivity contribution < 1.29 is 4.79 Å². The Morgan fingerprint density at radius 1 is 1.28 bits per heavy atom. The molecule has 0 aromatic carbocycles. The maximum atomic E-state index is 12.4. The highest BCUT2D eigenvalue weighted by molar-refractivity contribution is 5.82. The van der Waals surface area contributed by atoms with Crippen molar-refractivity contribution in [2.24, 2.45) is 0 Å². The van der Waals surface area contributed by atoms with E-state index < -0.39 is 0 Å². The smallest absolute Gasteiger partial charge is 0.239 e. The minimum Gasteiger partial charge on any atom is -0.341 e. The Labute approximate surface area is 111 Å². The van der Waals surface area contributed by atoms with Gasteiger partial charge in [0.1, 0.15) is 0 Å². The number of nitrogens with zero attached hydrogens (tertiary/aromatic N) is 2. The number of nitrogens with one attached hydrogen (secondary N) is 1. The molecule has 104 valence electrons. The first-order chi connectivity index (χ1) is 8.72. The van der Waals surface area contributed by atoms with E-state index in [9.17, 15) is 4.79 Å². The summed E-state index contributed by atoms with van der Waals surface area (Å²) in [5, 5.41) is 3.36. The van der Waals surface area contributed by atoms with Gasteiger partial charge in [-0.25, -0.2) is 0 Å². The maximum absolute atomic E-state index is 12.4. The van der Waals surface area contributed by atoms with Crippen molar-refractivity contribution in [1.29, 1.82) is 0 Å². The SMILES string of the molecule is CCN1CCC(N(C)C(=O)[C@H]2CCCCN2)CC1. The molecule has 2 heterocycles. The monoisotopic (exact) mass is 253 g/mol. The van der Waals surface area contributed by atoms with E-state index in [1.54, 1.807) is 0 Å². The zero-order chi connectivity index (χ0) is 13.0. The van der Waals surface area contributed by atoms with Gasteiger partial charge in [-0.2, -0.15) is 0 Å². The van der Waals surface area contributed by atoms with Gasteiger partial charge in [-0.3, -0.25) is 4.79 Å². The minimum atomic E-state index is 0.0768. The van der Waals surface area contributed by atoms with E-state index in [1.165, 1.54) is 12.8 Å². The van der Waals surface area contributed by atoms with Gasteiger partial charge in [0.25, 0.3) is 0 Å². The van der Waals surface area contributed by atoms with Gasteiger partial charge in [-0.05, 0) is 38.8 Å². The van der Waals surface area contributed by atoms with Crippen LogP contribution in [0.25, 0.3) is 0 Å². The molecular weight excluding hydrogens is 226 g/mol. The molecule has 4 nitrogen and oxygen atoms in total. The van der Waals surface area contributed by atoms with E-state index in [0.717, 1.165) is 45.4 Å². The molecule has 4 heteroatoms. The molecule has 0 radical (unpaired) electrons. The second kappa shape index (κ2) is 6.53. The van der Waals surface area contributed by atoms with Gasteiger partial charge in [0.05, 0.1) is 6.04 Å². The molecule has 0 spiro atoms. The Kier molecular flexibility index (Phi) is 5.01. The van der Waals surface area contributed by atoms with Crippen molar-refractivity contribution in [3.8, 4) is 0 Å². The van der Waals surface area contributed by atoms with E-state index in [0.29, 0.717) is 11.9 Å². The number of rotatable bonds is 3. The molecule has 0 aromatic heterocycles. The average molecular weight is 253 g/mol. The predicted octanol–water partition coefficient (Wildman–Crippen LogP) is 1.07. The van der Waals surface area contributed by atoms with E-state index in [2.05, 4.69) is 17.1 Å². The van der Waals surface area contributed by atoms with Crippen LogP contribution in [-0.4, -0.2) is 61.0 Å². The lowest BCUT2D eigenvalue weighted by atomic mass is 10.00. The summed E-state index contributed by atoms with van der Waals surface area (Å²) in [7, 11) is 1.99. The molecule has 2 fully saturated rings. The second-order valence-corrected chi connectivity index (χ2v) is 5.62. The van der Waals surface area contributed by atoms with Crippen molar-refractivity contribution in [2.45, 2.75) is 51.1 Å². The molecule has 0 saturated carbocycles. The summed E-state index contributed by atoms with van der Waals surface area (Å²) in [4.78, 5) is 16.9. The first-order valence-electron chi connectivity index (χ1n) is 7.44.